The van der Waals surface area contributed by atoms with Gasteiger partial charge in [-0.15, -0.1) is 0 Å². The van der Waals surface area contributed by atoms with Crippen molar-refractivity contribution < 1.29 is 9.26 Å². The van der Waals surface area contributed by atoms with Crippen LogP contribution in [0.3, 0.4) is 0 Å². The van der Waals surface area contributed by atoms with Gasteiger partial charge in [0.1, 0.15) is 12.1 Å². The fourth-order valence-corrected chi connectivity index (χ4v) is 3.99. The molecule has 6 nitrogen and oxygen atoms in total. The van der Waals surface area contributed by atoms with Crippen molar-refractivity contribution in [2.45, 2.75) is 19.9 Å². The average molecular weight is 386 g/mol. The van der Waals surface area contributed by atoms with Crippen LogP contribution in [0.5, 0.6) is 0 Å². The zero-order chi connectivity index (χ0) is 19.8. The highest BCUT2D eigenvalue weighted by atomic mass is 16.5. The van der Waals surface area contributed by atoms with Crippen LogP contribution in [0, 0.1) is 13.8 Å². The van der Waals surface area contributed by atoms with Crippen molar-refractivity contribution in [3.05, 3.63) is 65.8 Å². The SMILES string of the molecule is Cc1noc(C)c1-c1ccc2ncnc(-c3ccc(C4COCCN4)cc3)c2c1. The predicted octanol–water partition coefficient (Wildman–Crippen LogP) is 4.23. The van der Waals surface area contributed by atoms with E-state index in [4.69, 9.17) is 9.26 Å². The Morgan fingerprint density at radius 3 is 2.55 bits per heavy atom. The highest BCUT2D eigenvalue weighted by Crippen LogP contribution is 2.33. The standard InChI is InChI=1S/C23H22N4O2/c1-14-22(15(2)29-27-14)18-7-8-20-19(11-18)23(26-13-25-20)17-5-3-16(4-6-17)21-12-28-10-9-24-21/h3-8,11,13,21,24H,9-10,12H2,1-2H3. The number of nitrogens with zero attached hydrogens (tertiary/aromatic N) is 3. The summed E-state index contributed by atoms with van der Waals surface area (Å²) in [4.78, 5) is 9.05. The summed E-state index contributed by atoms with van der Waals surface area (Å²) in [5, 5.41) is 8.59. The molecule has 0 bridgehead atoms. The van der Waals surface area contributed by atoms with Gasteiger partial charge in [0.2, 0.25) is 0 Å². The van der Waals surface area contributed by atoms with Gasteiger partial charge in [-0.2, -0.15) is 0 Å². The Hall–Kier alpha value is -3.09. The maximum absolute atomic E-state index is 5.58. The summed E-state index contributed by atoms with van der Waals surface area (Å²) in [7, 11) is 0. The van der Waals surface area contributed by atoms with Gasteiger partial charge >= 0.3 is 0 Å². The molecule has 1 N–H and O–H groups in total. The minimum atomic E-state index is 0.242. The first-order valence-electron chi connectivity index (χ1n) is 9.80. The third-order valence-corrected chi connectivity index (χ3v) is 5.47. The second kappa shape index (κ2) is 7.39. The van der Waals surface area contributed by atoms with Crippen molar-refractivity contribution in [1.29, 1.82) is 0 Å². The fraction of sp³-hybridized carbons (Fsp3) is 0.261. The molecular weight excluding hydrogens is 364 g/mol. The Labute approximate surface area is 168 Å². The molecule has 29 heavy (non-hydrogen) atoms. The number of ether oxygens (including phenoxy) is 1. The van der Waals surface area contributed by atoms with E-state index in [9.17, 15) is 0 Å². The van der Waals surface area contributed by atoms with Gasteiger partial charge in [0.05, 0.1) is 36.2 Å². The third kappa shape index (κ3) is 3.30. The Kier molecular flexibility index (Phi) is 4.58. The summed E-state index contributed by atoms with van der Waals surface area (Å²) >= 11 is 0. The summed E-state index contributed by atoms with van der Waals surface area (Å²) in [6.07, 6.45) is 1.62. The summed E-state index contributed by atoms with van der Waals surface area (Å²) < 4.78 is 10.9. The summed E-state index contributed by atoms with van der Waals surface area (Å²) in [6.45, 7) is 6.25. The molecule has 2 aromatic carbocycles. The van der Waals surface area contributed by atoms with Crippen molar-refractivity contribution in [3.63, 3.8) is 0 Å². The molecule has 1 unspecified atom stereocenters. The van der Waals surface area contributed by atoms with Crippen molar-refractivity contribution in [2.24, 2.45) is 0 Å². The van der Waals surface area contributed by atoms with Crippen molar-refractivity contribution >= 4 is 10.9 Å². The number of morpholine rings is 1. The number of hydrogen-bond acceptors (Lipinski definition) is 6. The van der Waals surface area contributed by atoms with E-state index in [0.717, 1.165) is 57.9 Å². The Balaban J connectivity index is 1.57. The first-order chi connectivity index (χ1) is 14.2. The lowest BCUT2D eigenvalue weighted by molar-refractivity contribution is 0.0769. The van der Waals surface area contributed by atoms with Crippen LogP contribution in [-0.4, -0.2) is 34.9 Å². The van der Waals surface area contributed by atoms with Crippen LogP contribution in [0.25, 0.3) is 33.3 Å². The first-order valence-corrected chi connectivity index (χ1v) is 9.80. The van der Waals surface area contributed by atoms with E-state index in [-0.39, 0.29) is 6.04 Å². The summed E-state index contributed by atoms with van der Waals surface area (Å²) in [6, 6.07) is 15.0. The van der Waals surface area contributed by atoms with Crippen LogP contribution in [-0.2, 0) is 4.74 Å². The van der Waals surface area contributed by atoms with Gasteiger partial charge in [0.15, 0.2) is 0 Å². The molecule has 0 saturated carbocycles. The molecular formula is C23H22N4O2. The highest BCUT2D eigenvalue weighted by Gasteiger charge is 2.17. The molecule has 4 aromatic rings. The average Bonchev–Trinajstić information content (AvgIpc) is 3.11. The normalized spacial score (nSPS) is 17.0. The largest absolute Gasteiger partial charge is 0.378 e. The monoisotopic (exact) mass is 386 g/mol. The molecule has 0 aliphatic carbocycles. The van der Waals surface area contributed by atoms with Crippen LogP contribution < -0.4 is 5.32 Å². The molecule has 1 atom stereocenters. The van der Waals surface area contributed by atoms with Crippen molar-refractivity contribution in [2.75, 3.05) is 19.8 Å². The zero-order valence-corrected chi connectivity index (χ0v) is 16.5. The maximum atomic E-state index is 5.58. The minimum absolute atomic E-state index is 0.242. The number of hydrogen-bond donors (Lipinski definition) is 1. The Bertz CT molecular complexity index is 1140. The molecule has 0 amide bonds. The summed E-state index contributed by atoms with van der Waals surface area (Å²) in [5.41, 5.74) is 7.09. The second-order valence-electron chi connectivity index (χ2n) is 7.36. The van der Waals surface area contributed by atoms with Crippen LogP contribution in [0.4, 0.5) is 0 Å². The molecule has 1 saturated heterocycles. The fourth-order valence-electron chi connectivity index (χ4n) is 3.99. The molecule has 6 heteroatoms. The maximum Gasteiger partial charge on any atom is 0.141 e. The van der Waals surface area contributed by atoms with E-state index in [1.54, 1.807) is 6.33 Å². The number of aryl methyl sites for hydroxylation is 2. The molecule has 3 heterocycles. The third-order valence-electron chi connectivity index (χ3n) is 5.47. The van der Waals surface area contributed by atoms with E-state index in [2.05, 4.69) is 56.8 Å². The van der Waals surface area contributed by atoms with E-state index >= 15 is 0 Å². The highest BCUT2D eigenvalue weighted by molar-refractivity contribution is 5.95. The number of fused-ring (bicyclic) bond motifs is 1. The van der Waals surface area contributed by atoms with Gasteiger partial charge in [0.25, 0.3) is 0 Å². The molecule has 1 aliphatic heterocycles. The number of nitrogens with one attached hydrogen (secondary N) is 1. The van der Waals surface area contributed by atoms with Crippen LogP contribution in [0.15, 0.2) is 53.3 Å². The smallest absolute Gasteiger partial charge is 0.141 e. The van der Waals surface area contributed by atoms with Gasteiger partial charge in [0, 0.05) is 23.1 Å². The topological polar surface area (TPSA) is 73.1 Å². The van der Waals surface area contributed by atoms with E-state index in [1.807, 2.05) is 19.9 Å². The van der Waals surface area contributed by atoms with Crippen molar-refractivity contribution in [1.82, 2.24) is 20.4 Å². The van der Waals surface area contributed by atoms with E-state index < -0.39 is 0 Å². The van der Waals surface area contributed by atoms with Gasteiger partial charge in [-0.1, -0.05) is 35.5 Å². The minimum Gasteiger partial charge on any atom is -0.378 e. The molecule has 0 spiro atoms. The molecule has 1 aliphatic rings. The second-order valence-corrected chi connectivity index (χ2v) is 7.36. The van der Waals surface area contributed by atoms with Crippen molar-refractivity contribution in [3.8, 4) is 22.4 Å². The van der Waals surface area contributed by atoms with E-state index in [0.29, 0.717) is 6.61 Å². The Morgan fingerprint density at radius 2 is 1.83 bits per heavy atom. The molecule has 1 fully saturated rings. The van der Waals surface area contributed by atoms with Crippen LogP contribution >= 0.6 is 0 Å². The lowest BCUT2D eigenvalue weighted by Crippen LogP contribution is -2.34. The first kappa shape index (κ1) is 18.0. The number of rotatable bonds is 3. The van der Waals surface area contributed by atoms with E-state index in [1.165, 1.54) is 5.56 Å². The van der Waals surface area contributed by atoms with Gasteiger partial charge in [-0.3, -0.25) is 0 Å². The molecule has 2 aromatic heterocycles. The molecule has 0 radical (unpaired) electrons. The predicted molar refractivity (Wildman–Crippen MR) is 112 cm³/mol. The molecule has 146 valence electrons. The van der Waals surface area contributed by atoms with Crippen LogP contribution in [0.2, 0.25) is 0 Å². The molecule has 5 rings (SSSR count). The number of aromatic nitrogens is 3. The lowest BCUT2D eigenvalue weighted by Gasteiger charge is -2.24. The number of benzene rings is 2. The van der Waals surface area contributed by atoms with Gasteiger partial charge in [-0.05, 0) is 37.1 Å². The zero-order valence-electron chi connectivity index (χ0n) is 16.5. The van der Waals surface area contributed by atoms with Gasteiger partial charge in [-0.25, -0.2) is 9.97 Å². The van der Waals surface area contributed by atoms with Gasteiger partial charge < -0.3 is 14.6 Å². The summed E-state index contributed by atoms with van der Waals surface area (Å²) in [5.74, 6) is 0.812. The van der Waals surface area contributed by atoms with Crippen LogP contribution in [0.1, 0.15) is 23.1 Å². The quantitative estimate of drug-likeness (QED) is 0.568. The Morgan fingerprint density at radius 1 is 1.00 bits per heavy atom. The lowest BCUT2D eigenvalue weighted by atomic mass is 9.98.